The fourth-order valence-electron chi connectivity index (χ4n) is 6.39. The quantitative estimate of drug-likeness (QED) is 0.313. The van der Waals surface area contributed by atoms with E-state index in [1.54, 1.807) is 0 Å². The zero-order valence-corrected chi connectivity index (χ0v) is 22.2. The van der Waals surface area contributed by atoms with Crippen molar-refractivity contribution in [2.24, 2.45) is 17.6 Å². The Labute approximate surface area is 226 Å². The van der Waals surface area contributed by atoms with E-state index in [-0.39, 0.29) is 47.4 Å². The van der Waals surface area contributed by atoms with E-state index >= 15 is 0 Å². The van der Waals surface area contributed by atoms with E-state index < -0.39 is 76.5 Å². The molecule has 0 aliphatic heterocycles. The van der Waals surface area contributed by atoms with Gasteiger partial charge in [-0.05, 0) is 46.0 Å². The Morgan fingerprint density at radius 2 is 1.82 bits per heavy atom. The molecule has 0 aromatic heterocycles. The lowest BCUT2D eigenvalue weighted by Gasteiger charge is -2.50. The fourth-order valence-corrected chi connectivity index (χ4v) is 6.39. The topological polar surface area (TPSA) is 174 Å². The first-order valence-electron chi connectivity index (χ1n) is 12.3. The maximum absolute atomic E-state index is 13.7. The molecule has 1 aromatic rings. The third-order valence-electron chi connectivity index (χ3n) is 7.84. The predicted molar refractivity (Wildman–Crippen MR) is 133 cm³/mol. The van der Waals surface area contributed by atoms with Crippen molar-refractivity contribution in [3.05, 3.63) is 45.4 Å². The van der Waals surface area contributed by atoms with E-state index in [9.17, 15) is 48.0 Å². The van der Waals surface area contributed by atoms with Gasteiger partial charge in [0.05, 0.1) is 25.3 Å². The number of phenolic OH excluding ortho intramolecular Hbond substituents is 1. The van der Waals surface area contributed by atoms with Gasteiger partial charge in [0.2, 0.25) is 5.78 Å². The Hall–Kier alpha value is -3.62. The molecule has 0 saturated heterocycles. The maximum Gasteiger partial charge on any atom is 0.401 e. The molecule has 0 saturated carbocycles. The maximum atomic E-state index is 13.7. The number of hydrogen-bond donors (Lipinski definition) is 5. The Morgan fingerprint density at radius 1 is 1.20 bits per heavy atom. The summed E-state index contributed by atoms with van der Waals surface area (Å²) in [6.45, 7) is -1.51. The highest BCUT2D eigenvalue weighted by atomic mass is 19.4. The van der Waals surface area contributed by atoms with E-state index in [2.05, 4.69) is 0 Å². The average Bonchev–Trinajstić information content (AvgIpc) is 2.79. The second-order valence-corrected chi connectivity index (χ2v) is 10.7. The van der Waals surface area contributed by atoms with Crippen LogP contribution in [0.3, 0.4) is 0 Å². The second-order valence-electron chi connectivity index (χ2n) is 10.7. The molecule has 0 bridgehead atoms. The van der Waals surface area contributed by atoms with Gasteiger partial charge in [0.1, 0.15) is 28.6 Å². The zero-order valence-electron chi connectivity index (χ0n) is 22.2. The van der Waals surface area contributed by atoms with Crippen molar-refractivity contribution in [3.8, 4) is 11.5 Å². The molecular formula is C26H30F3N3O8. The molecule has 3 aliphatic rings. The van der Waals surface area contributed by atoms with Crippen molar-refractivity contribution in [2.45, 2.75) is 37.2 Å². The van der Waals surface area contributed by atoms with E-state index in [0.717, 1.165) is 11.0 Å². The van der Waals surface area contributed by atoms with Crippen molar-refractivity contribution in [1.29, 1.82) is 0 Å². The first-order valence-corrected chi connectivity index (χ1v) is 12.3. The molecule has 4 atom stereocenters. The smallest absolute Gasteiger partial charge is 0.401 e. The Bertz CT molecular complexity index is 1370. The minimum Gasteiger partial charge on any atom is -0.510 e. The van der Waals surface area contributed by atoms with Gasteiger partial charge < -0.3 is 30.9 Å². The third-order valence-corrected chi connectivity index (χ3v) is 7.84. The molecule has 0 unspecified atom stereocenters. The van der Waals surface area contributed by atoms with E-state index in [1.807, 2.05) is 0 Å². The molecule has 0 fully saturated rings. The number of aromatic hydroxyl groups is 1. The molecule has 11 nitrogen and oxygen atoms in total. The normalized spacial score (nSPS) is 26.7. The Morgan fingerprint density at radius 3 is 2.35 bits per heavy atom. The number of methoxy groups -OCH3 is 1. The van der Waals surface area contributed by atoms with Crippen molar-refractivity contribution >= 4 is 17.5 Å². The summed E-state index contributed by atoms with van der Waals surface area (Å²) in [6.07, 6.45) is -4.66. The largest absolute Gasteiger partial charge is 0.510 e. The molecule has 0 heterocycles. The number of carbonyl (C=O) groups is 3. The molecule has 1 aromatic carbocycles. The molecule has 40 heavy (non-hydrogen) atoms. The number of hydrogen-bond acceptors (Lipinski definition) is 10. The number of ketones is 2. The highest BCUT2D eigenvalue weighted by molar-refractivity contribution is 6.24. The third kappa shape index (κ3) is 4.39. The van der Waals surface area contributed by atoms with Crippen LogP contribution in [-0.4, -0.2) is 100 Å². The standard InChI is InChI=1S/C26H30F3N3O8/c1-31(2)18-13-6-10-5-12-16(14(33)7-11(21(12)40-4)8-32(3)9-25(27,28)29)19(34)15(10)22(36)26(13,39)23(37)17(20(18)35)24(30)38/h7,10,13,18,33,35-36,39H,5-6,8-9H2,1-4H3,(H2,30,38)/t10-,13-,18-,26-/m0/s1. The van der Waals surface area contributed by atoms with E-state index in [4.69, 9.17) is 10.5 Å². The van der Waals surface area contributed by atoms with Crippen LogP contribution in [0.15, 0.2) is 28.7 Å². The summed E-state index contributed by atoms with van der Waals surface area (Å²) < 4.78 is 44.2. The lowest BCUT2D eigenvalue weighted by Crippen LogP contribution is -2.63. The van der Waals surface area contributed by atoms with Gasteiger partial charge in [-0.25, -0.2) is 0 Å². The molecule has 0 radical (unpaired) electrons. The highest BCUT2D eigenvalue weighted by Gasteiger charge is 2.63. The van der Waals surface area contributed by atoms with Crippen molar-refractivity contribution < 1.29 is 52.7 Å². The zero-order chi connectivity index (χ0) is 30.1. The number of rotatable bonds is 6. The van der Waals surface area contributed by atoms with Crippen molar-refractivity contribution in [1.82, 2.24) is 9.80 Å². The van der Waals surface area contributed by atoms with Crippen LogP contribution in [0.25, 0.3) is 0 Å². The molecule has 14 heteroatoms. The first-order chi connectivity index (χ1) is 18.4. The van der Waals surface area contributed by atoms with Crippen LogP contribution in [0.5, 0.6) is 11.5 Å². The number of phenols is 1. The lowest BCUT2D eigenvalue weighted by molar-refractivity contribution is -0.148. The molecular weight excluding hydrogens is 539 g/mol. The number of fused-ring (bicyclic) bond motifs is 3. The van der Waals surface area contributed by atoms with Gasteiger partial charge >= 0.3 is 6.18 Å². The molecule has 1 amide bonds. The van der Waals surface area contributed by atoms with Crippen LogP contribution < -0.4 is 10.5 Å². The van der Waals surface area contributed by atoms with Gasteiger partial charge in [0.15, 0.2) is 11.4 Å². The Balaban J connectivity index is 1.87. The summed E-state index contributed by atoms with van der Waals surface area (Å²) in [5.41, 5.74) is 1.36. The number of aliphatic hydroxyl groups excluding tert-OH is 2. The number of amides is 1. The Kier molecular flexibility index (Phi) is 7.18. The van der Waals surface area contributed by atoms with E-state index in [1.165, 1.54) is 33.2 Å². The van der Waals surface area contributed by atoms with Crippen LogP contribution >= 0.6 is 0 Å². The summed E-state index contributed by atoms with van der Waals surface area (Å²) in [7, 11) is 5.52. The number of allylic oxidation sites excluding steroid dienone is 1. The number of benzene rings is 1. The SMILES string of the molecule is COc1c(CN(C)CC(F)(F)F)cc(O)c2c1C[C@H]1C[C@H]3[C@H](N(C)C)C(O)=C(C(N)=O)C(=O)[C@@]3(O)C(O)=C1C2=O. The number of ether oxygens (including phenoxy) is 1. The average molecular weight is 570 g/mol. The van der Waals surface area contributed by atoms with Crippen LogP contribution in [0.4, 0.5) is 13.2 Å². The van der Waals surface area contributed by atoms with Gasteiger partial charge in [-0.2, -0.15) is 13.2 Å². The van der Waals surface area contributed by atoms with Crippen LogP contribution in [-0.2, 0) is 22.6 Å². The number of primary amides is 1. The summed E-state index contributed by atoms with van der Waals surface area (Å²) in [5.74, 6) is -7.87. The molecule has 3 aliphatic carbocycles. The van der Waals surface area contributed by atoms with Gasteiger partial charge in [0, 0.05) is 29.2 Å². The number of nitrogens with zero attached hydrogens (tertiary/aromatic N) is 2. The minimum atomic E-state index is -4.47. The molecule has 218 valence electrons. The summed E-state index contributed by atoms with van der Waals surface area (Å²) >= 11 is 0. The van der Waals surface area contributed by atoms with E-state index in [0.29, 0.717) is 0 Å². The second kappa shape index (κ2) is 9.78. The van der Waals surface area contributed by atoms with Gasteiger partial charge in [-0.15, -0.1) is 0 Å². The number of alkyl halides is 3. The van der Waals surface area contributed by atoms with Crippen molar-refractivity contribution in [2.75, 3.05) is 34.8 Å². The van der Waals surface area contributed by atoms with Gasteiger partial charge in [0.25, 0.3) is 5.91 Å². The summed E-state index contributed by atoms with van der Waals surface area (Å²) in [6, 6.07) is -0.0522. The number of nitrogens with two attached hydrogens (primary N) is 1. The summed E-state index contributed by atoms with van der Waals surface area (Å²) in [5, 5.41) is 44.5. The molecule has 0 spiro atoms. The first kappa shape index (κ1) is 29.4. The molecule has 6 N–H and O–H groups in total. The van der Waals surface area contributed by atoms with Crippen molar-refractivity contribution in [3.63, 3.8) is 0 Å². The van der Waals surface area contributed by atoms with Crippen LogP contribution in [0.2, 0.25) is 0 Å². The van der Waals surface area contributed by atoms with Crippen LogP contribution in [0, 0.1) is 11.8 Å². The number of Topliss-reactive ketones (excluding diaryl/α,β-unsaturated/α-hetero) is 2. The highest BCUT2D eigenvalue weighted by Crippen LogP contribution is 2.53. The van der Waals surface area contributed by atoms with Gasteiger partial charge in [-0.1, -0.05) is 0 Å². The van der Waals surface area contributed by atoms with Crippen LogP contribution in [0.1, 0.15) is 27.9 Å². The number of carbonyl (C=O) groups excluding carboxylic acids is 3. The van der Waals surface area contributed by atoms with Gasteiger partial charge in [-0.3, -0.25) is 24.2 Å². The monoisotopic (exact) mass is 569 g/mol. The lowest BCUT2D eigenvalue weighted by atomic mass is 9.58. The predicted octanol–water partition coefficient (Wildman–Crippen LogP) is 1.12. The number of likely N-dealkylation sites (N-methyl/N-ethyl adjacent to an activating group) is 1. The molecule has 4 rings (SSSR count). The minimum absolute atomic E-state index is 0.0535. The number of halogens is 3. The number of aliphatic hydroxyl groups is 3. The summed E-state index contributed by atoms with van der Waals surface area (Å²) in [4.78, 5) is 41.5. The fraction of sp³-hybridized carbons (Fsp3) is 0.500.